The molecule has 0 spiro atoms. The molecule has 0 aliphatic carbocycles. The van der Waals surface area contributed by atoms with E-state index in [-0.39, 0.29) is 16.8 Å². The third-order valence-corrected chi connectivity index (χ3v) is 8.37. The Kier molecular flexibility index (Phi) is 7.22. The quantitative estimate of drug-likeness (QED) is 0.710. The Labute approximate surface area is 186 Å². The molecular weight excluding hydrogens is 408 g/mol. The van der Waals surface area contributed by atoms with Crippen LogP contribution in [0.4, 0.5) is 0 Å². The summed E-state index contributed by atoms with van der Waals surface area (Å²) in [5.74, 6) is -0.266. The number of carbonyl (C=O) groups excluding carboxylic acids is 1. The molecule has 0 radical (unpaired) electrons. The highest BCUT2D eigenvalue weighted by molar-refractivity contribution is 7.89. The predicted molar refractivity (Wildman–Crippen MR) is 125 cm³/mol. The van der Waals surface area contributed by atoms with E-state index in [4.69, 9.17) is 0 Å². The summed E-state index contributed by atoms with van der Waals surface area (Å²) in [6.07, 6.45) is 3.88. The third kappa shape index (κ3) is 5.18. The van der Waals surface area contributed by atoms with Gasteiger partial charge in [-0.3, -0.25) is 4.79 Å². The van der Waals surface area contributed by atoms with Gasteiger partial charge in [0.05, 0.1) is 10.9 Å². The van der Waals surface area contributed by atoms with Gasteiger partial charge in [0.15, 0.2) is 0 Å². The lowest BCUT2D eigenvalue weighted by Gasteiger charge is -2.22. The SMILES string of the molecule is Cc1cc(C)c([C@@H](C)NC(=O)c2ccc(C)c(S(=O)(=O)N3CCCCCC3)c2)cc1C. The maximum atomic E-state index is 13.3. The van der Waals surface area contributed by atoms with Crippen LogP contribution in [0.2, 0.25) is 0 Å². The summed E-state index contributed by atoms with van der Waals surface area (Å²) in [5.41, 5.74) is 5.64. The smallest absolute Gasteiger partial charge is 0.251 e. The van der Waals surface area contributed by atoms with E-state index in [1.54, 1.807) is 23.4 Å². The second-order valence-electron chi connectivity index (χ2n) is 8.79. The molecule has 0 unspecified atom stereocenters. The summed E-state index contributed by atoms with van der Waals surface area (Å²) < 4.78 is 28.1. The second-order valence-corrected chi connectivity index (χ2v) is 10.7. The Morgan fingerprint density at radius 2 is 1.48 bits per heavy atom. The van der Waals surface area contributed by atoms with Gasteiger partial charge in [0.1, 0.15) is 0 Å². The number of carbonyl (C=O) groups is 1. The molecule has 2 aromatic carbocycles. The fourth-order valence-corrected chi connectivity index (χ4v) is 6.02. The molecule has 168 valence electrons. The van der Waals surface area contributed by atoms with Crippen LogP contribution in [0.15, 0.2) is 35.2 Å². The van der Waals surface area contributed by atoms with E-state index in [2.05, 4.69) is 31.3 Å². The van der Waals surface area contributed by atoms with E-state index in [0.717, 1.165) is 36.8 Å². The molecule has 6 heteroatoms. The maximum absolute atomic E-state index is 13.3. The van der Waals surface area contributed by atoms with Gasteiger partial charge in [0.25, 0.3) is 5.91 Å². The highest BCUT2D eigenvalue weighted by Crippen LogP contribution is 2.25. The van der Waals surface area contributed by atoms with Crippen LogP contribution >= 0.6 is 0 Å². The van der Waals surface area contributed by atoms with Crippen molar-refractivity contribution >= 4 is 15.9 Å². The Hall–Kier alpha value is -2.18. The molecule has 1 amide bonds. The Balaban J connectivity index is 1.85. The summed E-state index contributed by atoms with van der Waals surface area (Å²) in [7, 11) is -3.62. The first-order valence-corrected chi connectivity index (χ1v) is 12.5. The number of hydrogen-bond acceptors (Lipinski definition) is 3. The fraction of sp³-hybridized carbons (Fsp3) is 0.480. The van der Waals surface area contributed by atoms with Crippen LogP contribution in [0.1, 0.15) is 76.8 Å². The zero-order valence-electron chi connectivity index (χ0n) is 19.3. The van der Waals surface area contributed by atoms with Gasteiger partial charge in [-0.15, -0.1) is 0 Å². The number of sulfonamides is 1. The highest BCUT2D eigenvalue weighted by atomic mass is 32.2. The number of amides is 1. The normalized spacial score (nSPS) is 16.5. The zero-order valence-corrected chi connectivity index (χ0v) is 20.1. The molecule has 5 nitrogen and oxygen atoms in total. The van der Waals surface area contributed by atoms with Crippen molar-refractivity contribution in [3.05, 3.63) is 63.7 Å². The predicted octanol–water partition coefficient (Wildman–Crippen LogP) is 4.98. The van der Waals surface area contributed by atoms with Gasteiger partial charge in [-0.2, -0.15) is 4.31 Å². The van der Waals surface area contributed by atoms with Crippen molar-refractivity contribution < 1.29 is 13.2 Å². The molecule has 3 rings (SSSR count). The van der Waals surface area contributed by atoms with Crippen molar-refractivity contribution in [2.45, 2.75) is 71.2 Å². The minimum atomic E-state index is -3.62. The van der Waals surface area contributed by atoms with Crippen LogP contribution in [-0.4, -0.2) is 31.7 Å². The molecule has 1 fully saturated rings. The lowest BCUT2D eigenvalue weighted by Crippen LogP contribution is -2.33. The van der Waals surface area contributed by atoms with Crippen LogP contribution in [-0.2, 0) is 10.0 Å². The van der Waals surface area contributed by atoms with Crippen molar-refractivity contribution in [2.24, 2.45) is 0 Å². The van der Waals surface area contributed by atoms with Crippen molar-refractivity contribution in [1.82, 2.24) is 9.62 Å². The van der Waals surface area contributed by atoms with Crippen molar-refractivity contribution in [1.29, 1.82) is 0 Å². The minimum absolute atomic E-state index is 0.182. The van der Waals surface area contributed by atoms with Crippen molar-refractivity contribution in [3.8, 4) is 0 Å². The standard InChI is InChI=1S/C25H34N2O3S/c1-17-10-11-22(16-24(17)31(29,30)27-12-8-6-7-9-13-27)25(28)26-21(5)23-15-19(3)18(2)14-20(23)4/h10-11,14-16,21H,6-9,12-13H2,1-5H3,(H,26,28)/t21-/m1/s1. The van der Waals surface area contributed by atoms with E-state index < -0.39 is 10.0 Å². The fourth-order valence-electron chi connectivity index (χ4n) is 4.25. The minimum Gasteiger partial charge on any atom is -0.346 e. The number of nitrogens with zero attached hydrogens (tertiary/aromatic N) is 1. The first-order chi connectivity index (χ1) is 14.6. The molecule has 1 saturated heterocycles. The maximum Gasteiger partial charge on any atom is 0.251 e. The summed E-state index contributed by atoms with van der Waals surface area (Å²) in [5, 5.41) is 3.04. The van der Waals surface area contributed by atoms with Gasteiger partial charge in [-0.25, -0.2) is 8.42 Å². The van der Waals surface area contributed by atoms with Crippen LogP contribution in [0.25, 0.3) is 0 Å². The summed E-state index contributed by atoms with van der Waals surface area (Å²) in [6, 6.07) is 9.02. The van der Waals surface area contributed by atoms with Crippen LogP contribution in [0.3, 0.4) is 0 Å². The van der Waals surface area contributed by atoms with Crippen molar-refractivity contribution in [2.75, 3.05) is 13.1 Å². The van der Waals surface area contributed by atoms with E-state index in [1.165, 1.54) is 17.2 Å². The van der Waals surface area contributed by atoms with Gasteiger partial charge in [-0.05, 0) is 87.4 Å². The first kappa shape index (κ1) is 23.5. The molecule has 1 atom stereocenters. The lowest BCUT2D eigenvalue weighted by molar-refractivity contribution is 0.0939. The van der Waals surface area contributed by atoms with Gasteiger partial charge < -0.3 is 5.32 Å². The largest absolute Gasteiger partial charge is 0.346 e. The van der Waals surface area contributed by atoms with Crippen LogP contribution < -0.4 is 5.32 Å². The van der Waals surface area contributed by atoms with Crippen molar-refractivity contribution in [3.63, 3.8) is 0 Å². The summed E-state index contributed by atoms with van der Waals surface area (Å²) in [4.78, 5) is 13.2. The molecule has 0 bridgehead atoms. The number of benzene rings is 2. The first-order valence-electron chi connectivity index (χ1n) is 11.1. The Bertz CT molecular complexity index is 1070. The molecule has 1 heterocycles. The van der Waals surface area contributed by atoms with E-state index in [1.807, 2.05) is 13.8 Å². The average Bonchev–Trinajstić information content (AvgIpc) is 3.01. The van der Waals surface area contributed by atoms with Gasteiger partial charge >= 0.3 is 0 Å². The molecule has 0 aromatic heterocycles. The number of rotatable bonds is 5. The number of hydrogen-bond donors (Lipinski definition) is 1. The Morgan fingerprint density at radius 3 is 2.13 bits per heavy atom. The number of aryl methyl sites for hydroxylation is 4. The average molecular weight is 443 g/mol. The molecule has 1 N–H and O–H groups in total. The van der Waals surface area contributed by atoms with Gasteiger partial charge in [-0.1, -0.05) is 31.0 Å². The Morgan fingerprint density at radius 1 is 0.871 bits per heavy atom. The van der Waals surface area contributed by atoms with Gasteiger partial charge in [0.2, 0.25) is 10.0 Å². The molecule has 1 aliphatic rings. The van der Waals surface area contributed by atoms with E-state index in [9.17, 15) is 13.2 Å². The summed E-state index contributed by atoms with van der Waals surface area (Å²) in [6.45, 7) is 11.0. The second kappa shape index (κ2) is 9.53. The summed E-state index contributed by atoms with van der Waals surface area (Å²) >= 11 is 0. The van der Waals surface area contributed by atoms with Gasteiger partial charge in [0, 0.05) is 18.7 Å². The van der Waals surface area contributed by atoms with Crippen LogP contribution in [0, 0.1) is 27.7 Å². The molecular formula is C25H34N2O3S. The van der Waals surface area contributed by atoms with E-state index in [0.29, 0.717) is 24.2 Å². The van der Waals surface area contributed by atoms with Crippen LogP contribution in [0.5, 0.6) is 0 Å². The lowest BCUT2D eigenvalue weighted by atomic mass is 9.96. The molecule has 0 saturated carbocycles. The molecule has 31 heavy (non-hydrogen) atoms. The highest BCUT2D eigenvalue weighted by Gasteiger charge is 2.27. The molecule has 1 aliphatic heterocycles. The van der Waals surface area contributed by atoms with E-state index >= 15 is 0 Å². The third-order valence-electron chi connectivity index (χ3n) is 6.33. The molecule has 2 aromatic rings. The topological polar surface area (TPSA) is 66.5 Å². The number of nitrogens with one attached hydrogen (secondary N) is 1. The zero-order chi connectivity index (χ0) is 22.8. The monoisotopic (exact) mass is 442 g/mol.